The van der Waals surface area contributed by atoms with Crippen molar-refractivity contribution in [1.82, 2.24) is 19.7 Å². The van der Waals surface area contributed by atoms with Crippen molar-refractivity contribution in [2.75, 3.05) is 26.3 Å². The first-order chi connectivity index (χ1) is 8.93. The molecule has 1 aromatic heterocycles. The van der Waals surface area contributed by atoms with E-state index in [4.69, 9.17) is 4.74 Å². The molecule has 1 fully saturated rings. The summed E-state index contributed by atoms with van der Waals surface area (Å²) in [6.07, 6.45) is 3.47. The van der Waals surface area contributed by atoms with E-state index in [0.717, 1.165) is 38.5 Å². The maximum absolute atomic E-state index is 5.37. The minimum Gasteiger partial charge on any atom is -0.379 e. The average Bonchev–Trinajstić information content (AvgIpc) is 2.94. The van der Waals surface area contributed by atoms with Gasteiger partial charge in [-0.25, -0.2) is 0 Å². The standard InChI is InChI=1S/C13H16N4O/c1-2-4-13(17-10-14-15-11-17)12(3-1)9-16-5-7-18-8-6-16/h1-4,10-11H,5-9H2. The van der Waals surface area contributed by atoms with E-state index in [9.17, 15) is 0 Å². The van der Waals surface area contributed by atoms with Gasteiger partial charge < -0.3 is 4.74 Å². The predicted octanol–water partition coefficient (Wildman–Crippen LogP) is 1.10. The lowest BCUT2D eigenvalue weighted by Crippen LogP contribution is -2.35. The van der Waals surface area contributed by atoms with Crippen LogP contribution in [-0.2, 0) is 11.3 Å². The first-order valence-corrected chi connectivity index (χ1v) is 6.16. The van der Waals surface area contributed by atoms with E-state index >= 15 is 0 Å². The second kappa shape index (κ2) is 5.29. The van der Waals surface area contributed by atoms with E-state index in [1.807, 2.05) is 10.6 Å². The lowest BCUT2D eigenvalue weighted by molar-refractivity contribution is 0.0342. The molecular weight excluding hydrogens is 228 g/mol. The number of morpholine rings is 1. The van der Waals surface area contributed by atoms with Crippen molar-refractivity contribution < 1.29 is 4.74 Å². The lowest BCUT2D eigenvalue weighted by Gasteiger charge is -2.27. The van der Waals surface area contributed by atoms with Crippen LogP contribution in [0.25, 0.3) is 5.69 Å². The fourth-order valence-corrected chi connectivity index (χ4v) is 2.22. The molecule has 0 unspecified atom stereocenters. The van der Waals surface area contributed by atoms with Crippen molar-refractivity contribution in [2.24, 2.45) is 0 Å². The zero-order valence-corrected chi connectivity index (χ0v) is 10.2. The van der Waals surface area contributed by atoms with Gasteiger partial charge in [0, 0.05) is 19.6 Å². The van der Waals surface area contributed by atoms with Crippen LogP contribution < -0.4 is 0 Å². The topological polar surface area (TPSA) is 43.2 Å². The molecule has 18 heavy (non-hydrogen) atoms. The third kappa shape index (κ3) is 2.42. The first-order valence-electron chi connectivity index (χ1n) is 6.16. The van der Waals surface area contributed by atoms with Gasteiger partial charge in [0.2, 0.25) is 0 Å². The van der Waals surface area contributed by atoms with Gasteiger partial charge in [-0.2, -0.15) is 0 Å². The van der Waals surface area contributed by atoms with Crippen LogP contribution in [0.3, 0.4) is 0 Å². The van der Waals surface area contributed by atoms with Crippen LogP contribution in [0.1, 0.15) is 5.56 Å². The number of nitrogens with zero attached hydrogens (tertiary/aromatic N) is 4. The zero-order valence-electron chi connectivity index (χ0n) is 10.2. The molecule has 94 valence electrons. The monoisotopic (exact) mass is 244 g/mol. The predicted molar refractivity (Wildman–Crippen MR) is 67.5 cm³/mol. The van der Waals surface area contributed by atoms with E-state index in [-0.39, 0.29) is 0 Å². The van der Waals surface area contributed by atoms with Crippen LogP contribution in [0, 0.1) is 0 Å². The van der Waals surface area contributed by atoms with Crippen LogP contribution in [0.5, 0.6) is 0 Å². The molecule has 0 aliphatic carbocycles. The van der Waals surface area contributed by atoms with Crippen LogP contribution in [0.15, 0.2) is 36.9 Å². The highest BCUT2D eigenvalue weighted by Gasteiger charge is 2.13. The van der Waals surface area contributed by atoms with E-state index in [1.165, 1.54) is 5.56 Å². The Morgan fingerprint density at radius 1 is 1.06 bits per heavy atom. The highest BCUT2D eigenvalue weighted by molar-refractivity contribution is 5.40. The molecule has 1 saturated heterocycles. The molecule has 0 spiro atoms. The first kappa shape index (κ1) is 11.4. The van der Waals surface area contributed by atoms with E-state index in [0.29, 0.717) is 0 Å². The number of para-hydroxylation sites is 1. The summed E-state index contributed by atoms with van der Waals surface area (Å²) in [5.74, 6) is 0. The van der Waals surface area contributed by atoms with Crippen molar-refractivity contribution in [1.29, 1.82) is 0 Å². The van der Waals surface area contributed by atoms with Gasteiger partial charge in [-0.05, 0) is 11.6 Å². The van der Waals surface area contributed by atoms with Crippen molar-refractivity contribution in [3.05, 3.63) is 42.5 Å². The maximum Gasteiger partial charge on any atom is 0.123 e. The molecule has 0 amide bonds. The fraction of sp³-hybridized carbons (Fsp3) is 0.385. The summed E-state index contributed by atoms with van der Waals surface area (Å²) in [5, 5.41) is 7.73. The molecule has 0 atom stereocenters. The Labute approximate surface area is 106 Å². The third-order valence-corrected chi connectivity index (χ3v) is 3.19. The second-order valence-corrected chi connectivity index (χ2v) is 4.39. The van der Waals surface area contributed by atoms with E-state index in [1.54, 1.807) is 12.7 Å². The number of hydrogen-bond acceptors (Lipinski definition) is 4. The summed E-state index contributed by atoms with van der Waals surface area (Å²) in [4.78, 5) is 2.41. The van der Waals surface area contributed by atoms with Gasteiger partial charge in [-0.15, -0.1) is 10.2 Å². The minimum atomic E-state index is 0.828. The van der Waals surface area contributed by atoms with Gasteiger partial charge in [0.05, 0.1) is 18.9 Å². The van der Waals surface area contributed by atoms with Crippen molar-refractivity contribution in [2.45, 2.75) is 6.54 Å². The number of rotatable bonds is 3. The molecule has 5 nitrogen and oxygen atoms in total. The van der Waals surface area contributed by atoms with Crippen LogP contribution >= 0.6 is 0 Å². The third-order valence-electron chi connectivity index (χ3n) is 3.19. The van der Waals surface area contributed by atoms with Crippen molar-refractivity contribution >= 4 is 0 Å². The molecule has 0 N–H and O–H groups in total. The smallest absolute Gasteiger partial charge is 0.123 e. The quantitative estimate of drug-likeness (QED) is 0.811. The Morgan fingerprint density at radius 2 is 1.78 bits per heavy atom. The maximum atomic E-state index is 5.37. The van der Waals surface area contributed by atoms with E-state index in [2.05, 4.69) is 33.3 Å². The Kier molecular flexibility index (Phi) is 3.34. The minimum absolute atomic E-state index is 0.828. The Bertz CT molecular complexity index is 491. The van der Waals surface area contributed by atoms with Gasteiger partial charge in [0.25, 0.3) is 0 Å². The lowest BCUT2D eigenvalue weighted by atomic mass is 10.1. The molecule has 0 radical (unpaired) electrons. The summed E-state index contributed by atoms with van der Waals surface area (Å²) < 4.78 is 7.33. The second-order valence-electron chi connectivity index (χ2n) is 4.39. The number of benzene rings is 1. The van der Waals surface area contributed by atoms with Crippen molar-refractivity contribution in [3.63, 3.8) is 0 Å². The van der Waals surface area contributed by atoms with Gasteiger partial charge in [0.1, 0.15) is 12.7 Å². The van der Waals surface area contributed by atoms with E-state index < -0.39 is 0 Å². The molecule has 0 saturated carbocycles. The summed E-state index contributed by atoms with van der Waals surface area (Å²) >= 11 is 0. The highest BCUT2D eigenvalue weighted by Crippen LogP contribution is 2.16. The Hall–Kier alpha value is -1.72. The molecule has 5 heteroatoms. The van der Waals surface area contributed by atoms with Gasteiger partial charge in [0.15, 0.2) is 0 Å². The Morgan fingerprint density at radius 3 is 2.56 bits per heavy atom. The number of aromatic nitrogens is 3. The molecule has 2 heterocycles. The highest BCUT2D eigenvalue weighted by atomic mass is 16.5. The molecule has 2 aromatic rings. The normalized spacial score (nSPS) is 16.9. The largest absolute Gasteiger partial charge is 0.379 e. The SMILES string of the molecule is c1ccc(-n2cnnc2)c(CN2CCOCC2)c1. The van der Waals surface area contributed by atoms with Crippen LogP contribution in [0.2, 0.25) is 0 Å². The summed E-state index contributed by atoms with van der Waals surface area (Å²) in [6.45, 7) is 4.59. The van der Waals surface area contributed by atoms with Gasteiger partial charge >= 0.3 is 0 Å². The summed E-state index contributed by atoms with van der Waals surface area (Å²) in [7, 11) is 0. The molecule has 0 bridgehead atoms. The molecule has 1 aliphatic heterocycles. The number of hydrogen-bond donors (Lipinski definition) is 0. The average molecular weight is 244 g/mol. The van der Waals surface area contributed by atoms with Crippen LogP contribution in [0.4, 0.5) is 0 Å². The van der Waals surface area contributed by atoms with Gasteiger partial charge in [-0.1, -0.05) is 18.2 Å². The summed E-state index contributed by atoms with van der Waals surface area (Å²) in [6, 6.07) is 8.37. The fourth-order valence-electron chi connectivity index (χ4n) is 2.22. The van der Waals surface area contributed by atoms with Crippen molar-refractivity contribution in [3.8, 4) is 5.69 Å². The number of ether oxygens (including phenoxy) is 1. The molecule has 1 aromatic carbocycles. The zero-order chi connectivity index (χ0) is 12.2. The summed E-state index contributed by atoms with van der Waals surface area (Å²) in [5.41, 5.74) is 2.44. The van der Waals surface area contributed by atoms with Gasteiger partial charge in [-0.3, -0.25) is 9.47 Å². The Balaban J connectivity index is 1.83. The molecule has 1 aliphatic rings. The molecular formula is C13H16N4O. The molecule has 3 rings (SSSR count). The van der Waals surface area contributed by atoms with Crippen LogP contribution in [-0.4, -0.2) is 46.0 Å².